The van der Waals surface area contributed by atoms with Crippen molar-refractivity contribution in [1.82, 2.24) is 4.90 Å². The van der Waals surface area contributed by atoms with E-state index in [4.69, 9.17) is 5.73 Å². The first-order valence-corrected chi connectivity index (χ1v) is 6.35. The van der Waals surface area contributed by atoms with Crippen molar-refractivity contribution < 1.29 is 14.0 Å². The fraction of sp³-hybridized carbons (Fsp3) is 0.333. The Labute approximate surface area is 112 Å². The quantitative estimate of drug-likeness (QED) is 0.902. The molecule has 0 aliphatic carbocycles. The van der Waals surface area contributed by atoms with E-state index in [1.807, 2.05) is 0 Å². The van der Waals surface area contributed by atoms with Crippen LogP contribution in [0.5, 0.6) is 0 Å². The molecule has 1 unspecified atom stereocenters. The molecule has 1 aliphatic rings. The maximum atomic E-state index is 13.4. The van der Waals surface area contributed by atoms with E-state index >= 15 is 0 Å². The van der Waals surface area contributed by atoms with Crippen molar-refractivity contribution in [2.45, 2.75) is 18.9 Å². The van der Waals surface area contributed by atoms with E-state index in [9.17, 15) is 14.0 Å². The Bertz CT molecular complexity index is 507. The van der Waals surface area contributed by atoms with Crippen LogP contribution in [0.4, 0.5) is 4.39 Å². The lowest BCUT2D eigenvalue weighted by Crippen LogP contribution is -2.43. The first kappa shape index (κ1) is 13.0. The Morgan fingerprint density at radius 1 is 1.44 bits per heavy atom. The molecule has 1 aromatic carbocycles. The zero-order chi connectivity index (χ0) is 13.3. The highest BCUT2D eigenvalue weighted by atomic mass is 79.9. The molecule has 1 saturated heterocycles. The normalized spacial score (nSPS) is 19.0. The molecule has 0 radical (unpaired) electrons. The van der Waals surface area contributed by atoms with Crippen LogP contribution in [0.3, 0.4) is 0 Å². The van der Waals surface area contributed by atoms with Crippen LogP contribution in [-0.4, -0.2) is 29.3 Å². The lowest BCUT2D eigenvalue weighted by Gasteiger charge is -2.22. The molecule has 0 aromatic heterocycles. The standard InChI is InChI=1S/C12H12BrFN2O2/c13-8-4-3-7(6-9(8)14)12(18)16-5-1-2-10(16)11(15)17/h3-4,6,10H,1-2,5H2,(H2,15,17). The molecule has 1 aliphatic heterocycles. The molecule has 1 aromatic rings. The molecule has 1 atom stereocenters. The number of halogens is 2. The van der Waals surface area contributed by atoms with Crippen LogP contribution in [0.15, 0.2) is 22.7 Å². The van der Waals surface area contributed by atoms with Crippen LogP contribution in [-0.2, 0) is 4.79 Å². The molecule has 96 valence electrons. The molecule has 1 fully saturated rings. The molecule has 6 heteroatoms. The van der Waals surface area contributed by atoms with E-state index in [1.54, 1.807) is 0 Å². The van der Waals surface area contributed by atoms with Crippen molar-refractivity contribution in [3.05, 3.63) is 34.1 Å². The molecule has 0 bridgehead atoms. The first-order valence-electron chi connectivity index (χ1n) is 5.56. The molecular formula is C12H12BrFN2O2. The molecule has 1 heterocycles. The van der Waals surface area contributed by atoms with Gasteiger partial charge in [-0.3, -0.25) is 9.59 Å². The van der Waals surface area contributed by atoms with E-state index in [-0.39, 0.29) is 11.5 Å². The van der Waals surface area contributed by atoms with Gasteiger partial charge in [0.25, 0.3) is 5.91 Å². The summed E-state index contributed by atoms with van der Waals surface area (Å²) in [5, 5.41) is 0. The minimum atomic E-state index is -0.579. The summed E-state index contributed by atoms with van der Waals surface area (Å²) in [6.07, 6.45) is 1.30. The van der Waals surface area contributed by atoms with Gasteiger partial charge in [0.1, 0.15) is 11.9 Å². The van der Waals surface area contributed by atoms with E-state index in [2.05, 4.69) is 15.9 Å². The van der Waals surface area contributed by atoms with E-state index in [0.717, 1.165) is 12.5 Å². The van der Waals surface area contributed by atoms with Crippen LogP contribution in [0.1, 0.15) is 23.2 Å². The molecule has 0 saturated carbocycles. The Morgan fingerprint density at radius 2 is 2.17 bits per heavy atom. The summed E-state index contributed by atoms with van der Waals surface area (Å²) in [6.45, 7) is 0.476. The van der Waals surface area contributed by atoms with Crippen molar-refractivity contribution in [3.8, 4) is 0 Å². The second-order valence-electron chi connectivity index (χ2n) is 4.19. The second-order valence-corrected chi connectivity index (χ2v) is 5.04. The number of rotatable bonds is 2. The average Bonchev–Trinajstić information content (AvgIpc) is 2.81. The topological polar surface area (TPSA) is 63.4 Å². The van der Waals surface area contributed by atoms with Crippen LogP contribution < -0.4 is 5.73 Å². The SMILES string of the molecule is NC(=O)C1CCCN1C(=O)c1ccc(Br)c(F)c1. The first-order chi connectivity index (χ1) is 8.50. The molecule has 2 N–H and O–H groups in total. The largest absolute Gasteiger partial charge is 0.368 e. The fourth-order valence-corrected chi connectivity index (χ4v) is 2.35. The van der Waals surface area contributed by atoms with Crippen molar-refractivity contribution >= 4 is 27.7 Å². The van der Waals surface area contributed by atoms with Gasteiger partial charge in [0, 0.05) is 12.1 Å². The van der Waals surface area contributed by atoms with Gasteiger partial charge >= 0.3 is 0 Å². The van der Waals surface area contributed by atoms with Gasteiger partial charge in [-0.05, 0) is 47.0 Å². The maximum Gasteiger partial charge on any atom is 0.254 e. The summed E-state index contributed by atoms with van der Waals surface area (Å²) in [4.78, 5) is 24.8. The van der Waals surface area contributed by atoms with Crippen LogP contribution in [0.2, 0.25) is 0 Å². The number of carbonyl (C=O) groups excluding carboxylic acids is 2. The van der Waals surface area contributed by atoms with Gasteiger partial charge in [-0.25, -0.2) is 4.39 Å². The van der Waals surface area contributed by atoms with Crippen molar-refractivity contribution in [1.29, 1.82) is 0 Å². The number of nitrogens with zero attached hydrogens (tertiary/aromatic N) is 1. The summed E-state index contributed by atoms with van der Waals surface area (Å²) in [6, 6.07) is 3.57. The number of nitrogens with two attached hydrogens (primary N) is 1. The van der Waals surface area contributed by atoms with E-state index in [0.29, 0.717) is 17.4 Å². The van der Waals surface area contributed by atoms with Crippen molar-refractivity contribution in [3.63, 3.8) is 0 Å². The predicted molar refractivity (Wildman–Crippen MR) is 67.4 cm³/mol. The highest BCUT2D eigenvalue weighted by molar-refractivity contribution is 9.10. The number of likely N-dealkylation sites (tertiary alicyclic amines) is 1. The fourth-order valence-electron chi connectivity index (χ4n) is 2.10. The number of hydrogen-bond acceptors (Lipinski definition) is 2. The highest BCUT2D eigenvalue weighted by Crippen LogP contribution is 2.22. The second kappa shape index (κ2) is 5.06. The summed E-state index contributed by atoms with van der Waals surface area (Å²) >= 11 is 3.02. The van der Waals surface area contributed by atoms with Crippen LogP contribution >= 0.6 is 15.9 Å². The summed E-state index contributed by atoms with van der Waals surface area (Å²) in [5.74, 6) is -1.38. The molecule has 2 rings (SSSR count). The third kappa shape index (κ3) is 2.38. The third-order valence-corrected chi connectivity index (χ3v) is 3.65. The van der Waals surface area contributed by atoms with Crippen LogP contribution in [0.25, 0.3) is 0 Å². The zero-order valence-electron chi connectivity index (χ0n) is 9.53. The summed E-state index contributed by atoms with van der Waals surface area (Å²) in [5.41, 5.74) is 5.47. The minimum Gasteiger partial charge on any atom is -0.368 e. The number of carbonyl (C=O) groups is 2. The smallest absolute Gasteiger partial charge is 0.254 e. The lowest BCUT2D eigenvalue weighted by atomic mass is 10.1. The minimum absolute atomic E-state index is 0.226. The van der Waals surface area contributed by atoms with E-state index < -0.39 is 17.8 Å². The Balaban J connectivity index is 2.25. The number of benzene rings is 1. The van der Waals surface area contributed by atoms with Gasteiger partial charge in [0.05, 0.1) is 4.47 Å². The molecule has 18 heavy (non-hydrogen) atoms. The Morgan fingerprint density at radius 3 is 2.78 bits per heavy atom. The zero-order valence-corrected chi connectivity index (χ0v) is 11.1. The third-order valence-electron chi connectivity index (χ3n) is 3.01. The summed E-state index contributed by atoms with van der Waals surface area (Å²) < 4.78 is 13.7. The van der Waals surface area contributed by atoms with Crippen molar-refractivity contribution in [2.75, 3.05) is 6.54 Å². The summed E-state index contributed by atoms with van der Waals surface area (Å²) in [7, 11) is 0. The number of primary amides is 1. The lowest BCUT2D eigenvalue weighted by molar-refractivity contribution is -0.121. The van der Waals surface area contributed by atoms with Gasteiger partial charge in [0.2, 0.25) is 5.91 Å². The predicted octanol–water partition coefficient (Wildman–Crippen LogP) is 1.68. The maximum absolute atomic E-state index is 13.4. The molecule has 2 amide bonds. The number of hydrogen-bond donors (Lipinski definition) is 1. The average molecular weight is 315 g/mol. The molecule has 0 spiro atoms. The Hall–Kier alpha value is -1.43. The monoisotopic (exact) mass is 314 g/mol. The molecular weight excluding hydrogens is 303 g/mol. The van der Waals surface area contributed by atoms with Crippen LogP contribution in [0, 0.1) is 5.82 Å². The number of amides is 2. The highest BCUT2D eigenvalue weighted by Gasteiger charge is 2.33. The molecule has 4 nitrogen and oxygen atoms in total. The van der Waals surface area contributed by atoms with Gasteiger partial charge in [-0.2, -0.15) is 0 Å². The van der Waals surface area contributed by atoms with Crippen molar-refractivity contribution in [2.24, 2.45) is 5.73 Å². The van der Waals surface area contributed by atoms with Gasteiger partial charge < -0.3 is 10.6 Å². The van der Waals surface area contributed by atoms with Gasteiger partial charge in [-0.1, -0.05) is 0 Å². The van der Waals surface area contributed by atoms with Gasteiger partial charge in [-0.15, -0.1) is 0 Å². The van der Waals surface area contributed by atoms with Gasteiger partial charge in [0.15, 0.2) is 0 Å². The Kier molecular flexibility index (Phi) is 3.65. The van der Waals surface area contributed by atoms with E-state index in [1.165, 1.54) is 17.0 Å².